The van der Waals surface area contributed by atoms with E-state index in [9.17, 15) is 0 Å². The van der Waals surface area contributed by atoms with Crippen molar-refractivity contribution in [3.05, 3.63) is 0 Å². The lowest BCUT2D eigenvalue weighted by Crippen LogP contribution is -2.11. The fourth-order valence-corrected chi connectivity index (χ4v) is 2.66. The third-order valence-electron chi connectivity index (χ3n) is 2.46. The molecule has 2 rings (SSSR count). The largest absolute Gasteiger partial charge is 0.377 e. The monoisotopic (exact) mass is 242 g/mol. The van der Waals surface area contributed by atoms with Gasteiger partial charge in [0.1, 0.15) is 0 Å². The summed E-state index contributed by atoms with van der Waals surface area (Å²) in [6.07, 6.45) is 2.73. The molecule has 0 spiro atoms. The molecule has 0 aliphatic carbocycles. The molecule has 0 N–H and O–H groups in total. The van der Waals surface area contributed by atoms with Gasteiger partial charge in [-0.25, -0.2) is 4.68 Å². The van der Waals surface area contributed by atoms with E-state index in [2.05, 4.69) is 29.4 Å². The third kappa shape index (κ3) is 3.18. The standard InChI is InChI=1S/C10H18N4OS/c1-8(2)6-14-10(11-12-13-14)16-7-9-4-3-5-15-9/h8-9H,3-7H2,1-2H3. The maximum atomic E-state index is 5.57. The second-order valence-corrected chi connectivity index (χ2v) is 5.47. The van der Waals surface area contributed by atoms with E-state index in [1.54, 1.807) is 11.8 Å². The average Bonchev–Trinajstić information content (AvgIpc) is 2.84. The van der Waals surface area contributed by atoms with E-state index in [0.29, 0.717) is 12.0 Å². The van der Waals surface area contributed by atoms with Crippen LogP contribution in [0.2, 0.25) is 0 Å². The van der Waals surface area contributed by atoms with Crippen LogP contribution in [0.1, 0.15) is 26.7 Å². The van der Waals surface area contributed by atoms with Gasteiger partial charge in [0.15, 0.2) is 0 Å². The third-order valence-corrected chi connectivity index (χ3v) is 3.55. The number of thioether (sulfide) groups is 1. The van der Waals surface area contributed by atoms with Crippen molar-refractivity contribution < 1.29 is 4.74 Å². The lowest BCUT2D eigenvalue weighted by atomic mass is 10.2. The van der Waals surface area contributed by atoms with Crippen LogP contribution in [-0.2, 0) is 11.3 Å². The average molecular weight is 242 g/mol. The molecule has 16 heavy (non-hydrogen) atoms. The molecular formula is C10H18N4OS. The molecule has 0 bridgehead atoms. The Kier molecular flexibility index (Phi) is 4.17. The highest BCUT2D eigenvalue weighted by Gasteiger charge is 2.17. The van der Waals surface area contributed by atoms with Crippen LogP contribution in [0.15, 0.2) is 5.16 Å². The second-order valence-electron chi connectivity index (χ2n) is 4.48. The summed E-state index contributed by atoms with van der Waals surface area (Å²) < 4.78 is 7.45. The smallest absolute Gasteiger partial charge is 0.209 e. The first-order chi connectivity index (χ1) is 7.75. The normalized spacial score (nSPS) is 20.8. The fourth-order valence-electron chi connectivity index (χ4n) is 1.70. The van der Waals surface area contributed by atoms with Crippen LogP contribution in [0.4, 0.5) is 0 Å². The Bertz CT molecular complexity index is 322. The molecule has 0 saturated carbocycles. The highest BCUT2D eigenvalue weighted by Crippen LogP contribution is 2.21. The lowest BCUT2D eigenvalue weighted by molar-refractivity contribution is 0.129. The molecular weight excluding hydrogens is 224 g/mol. The summed E-state index contributed by atoms with van der Waals surface area (Å²) in [7, 11) is 0. The quantitative estimate of drug-likeness (QED) is 0.734. The van der Waals surface area contributed by atoms with E-state index in [1.807, 2.05) is 4.68 Å². The summed E-state index contributed by atoms with van der Waals surface area (Å²) in [6.45, 7) is 6.11. The van der Waals surface area contributed by atoms with Crippen LogP contribution in [0.3, 0.4) is 0 Å². The zero-order chi connectivity index (χ0) is 11.4. The maximum absolute atomic E-state index is 5.57. The Hall–Kier alpha value is -0.620. The number of ether oxygens (including phenoxy) is 1. The van der Waals surface area contributed by atoms with Crippen molar-refractivity contribution in [2.24, 2.45) is 5.92 Å². The Balaban J connectivity index is 1.85. The van der Waals surface area contributed by atoms with E-state index in [0.717, 1.165) is 24.1 Å². The number of rotatable bonds is 5. The number of aromatic nitrogens is 4. The van der Waals surface area contributed by atoms with Crippen molar-refractivity contribution in [1.82, 2.24) is 20.2 Å². The van der Waals surface area contributed by atoms with Crippen molar-refractivity contribution in [1.29, 1.82) is 0 Å². The van der Waals surface area contributed by atoms with Crippen LogP contribution >= 0.6 is 11.8 Å². The van der Waals surface area contributed by atoms with E-state index in [1.165, 1.54) is 12.8 Å². The van der Waals surface area contributed by atoms with Gasteiger partial charge in [-0.3, -0.25) is 0 Å². The van der Waals surface area contributed by atoms with Gasteiger partial charge in [-0.05, 0) is 29.2 Å². The maximum Gasteiger partial charge on any atom is 0.209 e. The molecule has 0 radical (unpaired) electrons. The van der Waals surface area contributed by atoms with Gasteiger partial charge >= 0.3 is 0 Å². The van der Waals surface area contributed by atoms with E-state index >= 15 is 0 Å². The summed E-state index contributed by atoms with van der Waals surface area (Å²) in [6, 6.07) is 0. The van der Waals surface area contributed by atoms with Gasteiger partial charge in [0.05, 0.1) is 6.10 Å². The molecule has 1 aliphatic rings. The molecule has 90 valence electrons. The van der Waals surface area contributed by atoms with Crippen molar-refractivity contribution in [3.8, 4) is 0 Å². The van der Waals surface area contributed by atoms with Crippen molar-refractivity contribution >= 4 is 11.8 Å². The molecule has 1 unspecified atom stereocenters. The summed E-state index contributed by atoms with van der Waals surface area (Å²) in [5.74, 6) is 1.52. The molecule has 1 aromatic heterocycles. The Labute approximate surface area is 99.9 Å². The molecule has 1 fully saturated rings. The SMILES string of the molecule is CC(C)Cn1nnnc1SCC1CCCO1. The second kappa shape index (κ2) is 5.63. The lowest BCUT2D eigenvalue weighted by Gasteiger charge is -2.09. The fraction of sp³-hybridized carbons (Fsp3) is 0.900. The minimum atomic E-state index is 0.384. The topological polar surface area (TPSA) is 52.8 Å². The minimum absolute atomic E-state index is 0.384. The predicted molar refractivity (Wildman–Crippen MR) is 62.4 cm³/mol. The molecule has 0 aromatic carbocycles. The number of tetrazole rings is 1. The number of hydrogen-bond acceptors (Lipinski definition) is 5. The summed E-state index contributed by atoms with van der Waals surface area (Å²) in [5.41, 5.74) is 0. The first kappa shape index (κ1) is 11.9. The molecule has 1 atom stereocenters. The van der Waals surface area contributed by atoms with Crippen molar-refractivity contribution in [2.45, 2.75) is 44.5 Å². The number of nitrogens with zero attached hydrogens (tertiary/aromatic N) is 4. The van der Waals surface area contributed by atoms with Crippen molar-refractivity contribution in [2.75, 3.05) is 12.4 Å². The van der Waals surface area contributed by atoms with Crippen LogP contribution in [0.5, 0.6) is 0 Å². The summed E-state index contributed by atoms with van der Waals surface area (Å²) >= 11 is 1.69. The molecule has 5 nitrogen and oxygen atoms in total. The first-order valence-corrected chi connectivity index (χ1v) is 6.75. The summed E-state index contributed by atoms with van der Waals surface area (Å²) in [5, 5.41) is 12.7. The molecule has 1 saturated heterocycles. The zero-order valence-corrected chi connectivity index (χ0v) is 10.6. The Morgan fingerprint density at radius 1 is 1.56 bits per heavy atom. The minimum Gasteiger partial charge on any atom is -0.377 e. The van der Waals surface area contributed by atoms with Crippen LogP contribution in [-0.4, -0.2) is 38.7 Å². The van der Waals surface area contributed by atoms with Gasteiger partial charge in [-0.2, -0.15) is 0 Å². The van der Waals surface area contributed by atoms with E-state index < -0.39 is 0 Å². The van der Waals surface area contributed by atoms with Gasteiger partial charge in [0.2, 0.25) is 5.16 Å². The molecule has 1 aliphatic heterocycles. The summed E-state index contributed by atoms with van der Waals surface area (Å²) in [4.78, 5) is 0. The molecule has 2 heterocycles. The zero-order valence-electron chi connectivity index (χ0n) is 9.80. The molecule has 0 amide bonds. The van der Waals surface area contributed by atoms with E-state index in [4.69, 9.17) is 4.74 Å². The van der Waals surface area contributed by atoms with Gasteiger partial charge < -0.3 is 4.74 Å². The van der Waals surface area contributed by atoms with Gasteiger partial charge in [-0.15, -0.1) is 5.10 Å². The predicted octanol–water partition coefficient (Wildman–Crippen LogP) is 1.60. The Morgan fingerprint density at radius 3 is 3.12 bits per heavy atom. The highest BCUT2D eigenvalue weighted by atomic mass is 32.2. The molecule has 1 aromatic rings. The number of hydrogen-bond donors (Lipinski definition) is 0. The van der Waals surface area contributed by atoms with E-state index in [-0.39, 0.29) is 0 Å². The van der Waals surface area contributed by atoms with Gasteiger partial charge in [0, 0.05) is 18.9 Å². The highest BCUT2D eigenvalue weighted by molar-refractivity contribution is 7.99. The Morgan fingerprint density at radius 2 is 2.44 bits per heavy atom. The van der Waals surface area contributed by atoms with Crippen LogP contribution < -0.4 is 0 Å². The molecule has 6 heteroatoms. The van der Waals surface area contributed by atoms with Gasteiger partial charge in [-0.1, -0.05) is 25.6 Å². The first-order valence-electron chi connectivity index (χ1n) is 5.76. The van der Waals surface area contributed by atoms with Crippen LogP contribution in [0, 0.1) is 5.92 Å². The van der Waals surface area contributed by atoms with Gasteiger partial charge in [0.25, 0.3) is 0 Å². The van der Waals surface area contributed by atoms with Crippen molar-refractivity contribution in [3.63, 3.8) is 0 Å². The van der Waals surface area contributed by atoms with Crippen LogP contribution in [0.25, 0.3) is 0 Å².